The molecule has 19 heavy (non-hydrogen) atoms. The first-order valence-electron chi connectivity index (χ1n) is 7.45. The summed E-state index contributed by atoms with van der Waals surface area (Å²) in [7, 11) is 0. The molecule has 0 spiro atoms. The van der Waals surface area contributed by atoms with E-state index in [2.05, 4.69) is 5.32 Å². The fourth-order valence-corrected chi connectivity index (χ4v) is 1.64. The van der Waals surface area contributed by atoms with Crippen LogP contribution in [0.25, 0.3) is 0 Å². The molecule has 0 aromatic rings. The average Bonchev–Trinajstić information content (AvgIpc) is 3.21. The molecule has 0 saturated heterocycles. The Kier molecular flexibility index (Phi) is 10.3. The van der Waals surface area contributed by atoms with Gasteiger partial charge >= 0.3 is 0 Å². The number of nitrogens with one attached hydrogen (secondary N) is 1. The summed E-state index contributed by atoms with van der Waals surface area (Å²) in [5, 5.41) is 12.8. The van der Waals surface area contributed by atoms with Crippen molar-refractivity contribution < 1.29 is 19.3 Å². The van der Waals surface area contributed by atoms with Crippen molar-refractivity contribution in [3.05, 3.63) is 0 Å². The third-order valence-corrected chi connectivity index (χ3v) is 2.96. The second-order valence-electron chi connectivity index (χ2n) is 5.00. The first-order valence-corrected chi connectivity index (χ1v) is 7.45. The lowest BCUT2D eigenvalue weighted by Crippen LogP contribution is -2.31. The zero-order valence-electron chi connectivity index (χ0n) is 12.1. The van der Waals surface area contributed by atoms with Gasteiger partial charge in [0.2, 0.25) is 0 Å². The van der Waals surface area contributed by atoms with Crippen LogP contribution in [0.3, 0.4) is 0 Å². The predicted molar refractivity (Wildman–Crippen MR) is 74.3 cm³/mol. The van der Waals surface area contributed by atoms with Crippen molar-refractivity contribution in [2.75, 3.05) is 52.7 Å². The smallest absolute Gasteiger partial charge is 0.0897 e. The SMILES string of the molecule is CCOCCOCC(O)CNCCCOCC1CC1. The van der Waals surface area contributed by atoms with Crippen LogP contribution in [0.2, 0.25) is 0 Å². The molecule has 0 amide bonds. The van der Waals surface area contributed by atoms with E-state index in [0.29, 0.717) is 33.0 Å². The highest BCUT2D eigenvalue weighted by atomic mass is 16.5. The van der Waals surface area contributed by atoms with Crippen molar-refractivity contribution in [2.45, 2.75) is 32.3 Å². The van der Waals surface area contributed by atoms with Crippen LogP contribution in [-0.4, -0.2) is 63.9 Å². The molecule has 5 nitrogen and oxygen atoms in total. The molecule has 2 N–H and O–H groups in total. The Hall–Kier alpha value is -0.200. The Morgan fingerprint density at radius 2 is 1.95 bits per heavy atom. The number of ether oxygens (including phenoxy) is 3. The summed E-state index contributed by atoms with van der Waals surface area (Å²) in [6.07, 6.45) is 3.22. The van der Waals surface area contributed by atoms with Crippen LogP contribution in [0.5, 0.6) is 0 Å². The zero-order chi connectivity index (χ0) is 13.8. The molecule has 0 aliphatic heterocycles. The van der Waals surface area contributed by atoms with Gasteiger partial charge in [-0.3, -0.25) is 0 Å². The Morgan fingerprint density at radius 3 is 2.68 bits per heavy atom. The normalized spacial score (nSPS) is 16.7. The summed E-state index contributed by atoms with van der Waals surface area (Å²) in [6.45, 7) is 7.33. The van der Waals surface area contributed by atoms with Crippen molar-refractivity contribution >= 4 is 0 Å². The monoisotopic (exact) mass is 275 g/mol. The van der Waals surface area contributed by atoms with Crippen molar-refractivity contribution in [1.82, 2.24) is 5.32 Å². The molecule has 0 aromatic heterocycles. The van der Waals surface area contributed by atoms with Gasteiger partial charge in [-0.05, 0) is 38.6 Å². The minimum atomic E-state index is -0.450. The maximum atomic E-state index is 9.63. The van der Waals surface area contributed by atoms with Crippen LogP contribution < -0.4 is 5.32 Å². The van der Waals surface area contributed by atoms with Crippen molar-refractivity contribution in [3.63, 3.8) is 0 Å². The van der Waals surface area contributed by atoms with Crippen LogP contribution >= 0.6 is 0 Å². The number of hydrogen-bond acceptors (Lipinski definition) is 5. The van der Waals surface area contributed by atoms with Gasteiger partial charge in [-0.15, -0.1) is 0 Å². The maximum absolute atomic E-state index is 9.63. The third-order valence-electron chi connectivity index (χ3n) is 2.96. The second kappa shape index (κ2) is 11.6. The lowest BCUT2D eigenvalue weighted by Gasteiger charge is -2.12. The van der Waals surface area contributed by atoms with Crippen LogP contribution in [0.1, 0.15) is 26.2 Å². The van der Waals surface area contributed by atoms with Crippen molar-refractivity contribution in [3.8, 4) is 0 Å². The molecule has 0 heterocycles. The number of aliphatic hydroxyl groups is 1. The molecule has 1 unspecified atom stereocenters. The highest BCUT2D eigenvalue weighted by Crippen LogP contribution is 2.28. The van der Waals surface area contributed by atoms with Gasteiger partial charge < -0.3 is 24.6 Å². The van der Waals surface area contributed by atoms with Gasteiger partial charge in [0.05, 0.1) is 25.9 Å². The van der Waals surface area contributed by atoms with E-state index in [9.17, 15) is 5.11 Å². The van der Waals surface area contributed by atoms with E-state index in [-0.39, 0.29) is 0 Å². The summed E-state index contributed by atoms with van der Waals surface area (Å²) >= 11 is 0. The van der Waals surface area contributed by atoms with Gasteiger partial charge in [-0.2, -0.15) is 0 Å². The van der Waals surface area contributed by atoms with Gasteiger partial charge in [-0.1, -0.05) is 0 Å². The van der Waals surface area contributed by atoms with Crippen LogP contribution in [-0.2, 0) is 14.2 Å². The molecule has 1 rings (SSSR count). The summed E-state index contributed by atoms with van der Waals surface area (Å²) in [5.74, 6) is 0.837. The summed E-state index contributed by atoms with van der Waals surface area (Å²) in [5.41, 5.74) is 0. The molecule has 1 aliphatic rings. The molecule has 1 atom stereocenters. The minimum Gasteiger partial charge on any atom is -0.389 e. The molecule has 5 heteroatoms. The molecule has 1 saturated carbocycles. The van der Waals surface area contributed by atoms with Crippen molar-refractivity contribution in [2.24, 2.45) is 5.92 Å². The summed E-state index contributed by atoms with van der Waals surface area (Å²) < 4.78 is 15.9. The van der Waals surface area contributed by atoms with Gasteiger partial charge in [0.25, 0.3) is 0 Å². The van der Waals surface area contributed by atoms with Gasteiger partial charge in [0, 0.05) is 26.4 Å². The molecule has 1 fully saturated rings. The Labute approximate surface area is 116 Å². The van der Waals surface area contributed by atoms with E-state index in [1.807, 2.05) is 6.92 Å². The lowest BCUT2D eigenvalue weighted by atomic mass is 10.3. The molecule has 114 valence electrons. The highest BCUT2D eigenvalue weighted by Gasteiger charge is 2.20. The standard InChI is InChI=1S/C14H29NO4/c1-2-17-8-9-19-12-14(16)10-15-6-3-7-18-11-13-4-5-13/h13-16H,2-12H2,1H3. The third kappa shape index (κ3) is 11.3. The largest absolute Gasteiger partial charge is 0.389 e. The quantitative estimate of drug-likeness (QED) is 0.459. The Balaban J connectivity index is 1.72. The summed E-state index contributed by atoms with van der Waals surface area (Å²) in [6, 6.07) is 0. The zero-order valence-corrected chi connectivity index (χ0v) is 12.1. The minimum absolute atomic E-state index is 0.359. The molecule has 1 aliphatic carbocycles. The Bertz CT molecular complexity index is 200. The van der Waals surface area contributed by atoms with Gasteiger partial charge in [0.1, 0.15) is 0 Å². The molecule has 0 radical (unpaired) electrons. The van der Waals surface area contributed by atoms with E-state index >= 15 is 0 Å². The number of rotatable bonds is 14. The van der Waals surface area contributed by atoms with E-state index in [1.165, 1.54) is 12.8 Å². The van der Waals surface area contributed by atoms with Crippen molar-refractivity contribution in [1.29, 1.82) is 0 Å². The molecular weight excluding hydrogens is 246 g/mol. The maximum Gasteiger partial charge on any atom is 0.0897 e. The van der Waals surface area contributed by atoms with Gasteiger partial charge in [-0.25, -0.2) is 0 Å². The van der Waals surface area contributed by atoms with Crippen LogP contribution in [0.15, 0.2) is 0 Å². The molecule has 0 aromatic carbocycles. The Morgan fingerprint density at radius 1 is 1.16 bits per heavy atom. The molecular formula is C14H29NO4. The van der Waals surface area contributed by atoms with E-state index in [0.717, 1.165) is 32.1 Å². The lowest BCUT2D eigenvalue weighted by molar-refractivity contribution is 0.00638. The van der Waals surface area contributed by atoms with Crippen LogP contribution in [0.4, 0.5) is 0 Å². The number of hydrogen-bond donors (Lipinski definition) is 2. The number of aliphatic hydroxyl groups excluding tert-OH is 1. The van der Waals surface area contributed by atoms with E-state index in [1.54, 1.807) is 0 Å². The topological polar surface area (TPSA) is 60.0 Å². The second-order valence-corrected chi connectivity index (χ2v) is 5.00. The first kappa shape index (κ1) is 16.9. The van der Waals surface area contributed by atoms with Gasteiger partial charge in [0.15, 0.2) is 0 Å². The highest BCUT2D eigenvalue weighted by molar-refractivity contribution is 4.71. The van der Waals surface area contributed by atoms with E-state index < -0.39 is 6.10 Å². The predicted octanol–water partition coefficient (Wildman–Crippen LogP) is 0.807. The summed E-state index contributed by atoms with van der Waals surface area (Å²) in [4.78, 5) is 0. The molecule has 0 bridgehead atoms. The average molecular weight is 275 g/mol. The van der Waals surface area contributed by atoms with E-state index in [4.69, 9.17) is 14.2 Å². The van der Waals surface area contributed by atoms with Crippen LogP contribution in [0, 0.1) is 5.92 Å². The fourth-order valence-electron chi connectivity index (χ4n) is 1.64. The fraction of sp³-hybridized carbons (Fsp3) is 1.00. The first-order chi connectivity index (χ1) is 9.33.